The number of nitrogen functional groups attached to an aromatic ring is 1. The normalized spacial score (nSPS) is 11.3. The van der Waals surface area contributed by atoms with Gasteiger partial charge >= 0.3 is 11.5 Å². The maximum atomic E-state index is 11.8. The minimum atomic E-state index is -4.28. The van der Waals surface area contributed by atoms with E-state index in [4.69, 9.17) is 15.6 Å². The van der Waals surface area contributed by atoms with Crippen molar-refractivity contribution in [1.29, 1.82) is 0 Å². The third-order valence-corrected chi connectivity index (χ3v) is 2.57. The van der Waals surface area contributed by atoms with Crippen LogP contribution in [0.15, 0.2) is 18.2 Å². The van der Waals surface area contributed by atoms with E-state index in [1.807, 2.05) is 0 Å². The number of anilines is 1. The molecule has 100 valence electrons. The first-order chi connectivity index (χ1) is 8.29. The summed E-state index contributed by atoms with van der Waals surface area (Å²) in [5.74, 6) is -1.18. The van der Waals surface area contributed by atoms with Crippen molar-refractivity contribution in [2.24, 2.45) is 0 Å². The predicted molar refractivity (Wildman–Crippen MR) is 61.8 cm³/mol. The third kappa shape index (κ3) is 4.74. The molecule has 0 unspecified atom stereocenters. The van der Waals surface area contributed by atoms with Crippen molar-refractivity contribution in [3.8, 4) is 5.75 Å². The van der Waals surface area contributed by atoms with E-state index in [0.29, 0.717) is 0 Å². The number of carboxylic acids is 1. The van der Waals surface area contributed by atoms with Gasteiger partial charge in [0.2, 0.25) is 0 Å². The van der Waals surface area contributed by atoms with Gasteiger partial charge in [-0.05, 0) is 23.9 Å². The summed E-state index contributed by atoms with van der Waals surface area (Å²) in [5, 5.41) is 8.71. The van der Waals surface area contributed by atoms with E-state index in [1.54, 1.807) is 0 Å². The highest BCUT2D eigenvalue weighted by molar-refractivity contribution is 8.00. The molecule has 0 aliphatic rings. The van der Waals surface area contributed by atoms with Gasteiger partial charge in [-0.15, -0.1) is 0 Å². The second kappa shape index (κ2) is 5.85. The van der Waals surface area contributed by atoms with Crippen molar-refractivity contribution < 1.29 is 27.8 Å². The summed E-state index contributed by atoms with van der Waals surface area (Å²) in [6.45, 7) is -0.143. The molecule has 18 heavy (non-hydrogen) atoms. The highest BCUT2D eigenvalue weighted by atomic mass is 32.2. The topological polar surface area (TPSA) is 72.5 Å². The Hall–Kier alpha value is -1.57. The van der Waals surface area contributed by atoms with Gasteiger partial charge in [0.25, 0.3) is 0 Å². The summed E-state index contributed by atoms with van der Waals surface area (Å²) in [4.78, 5) is 10.7. The molecule has 0 atom stereocenters. The lowest BCUT2D eigenvalue weighted by Gasteiger charge is -2.09. The number of ether oxygens (including phenoxy) is 1. The van der Waals surface area contributed by atoms with Crippen LogP contribution >= 0.6 is 11.8 Å². The Labute approximate surface area is 105 Å². The van der Waals surface area contributed by atoms with Crippen LogP contribution in [0, 0.1) is 0 Å². The fourth-order valence-electron chi connectivity index (χ4n) is 1.14. The Morgan fingerprint density at radius 1 is 1.44 bits per heavy atom. The number of carboxylic acid groups (broad SMARTS) is 1. The highest BCUT2D eigenvalue weighted by Gasteiger charge is 2.27. The van der Waals surface area contributed by atoms with Crippen molar-refractivity contribution in [2.45, 2.75) is 5.51 Å². The first-order valence-corrected chi connectivity index (χ1v) is 5.74. The smallest absolute Gasteiger partial charge is 0.441 e. The molecule has 1 aromatic rings. The lowest BCUT2D eigenvalue weighted by molar-refractivity contribution is -0.0329. The molecule has 0 saturated heterocycles. The molecule has 1 aromatic carbocycles. The van der Waals surface area contributed by atoms with Gasteiger partial charge in [-0.2, -0.15) is 13.2 Å². The number of benzene rings is 1. The van der Waals surface area contributed by atoms with Crippen LogP contribution in [-0.4, -0.2) is 28.9 Å². The molecule has 0 amide bonds. The van der Waals surface area contributed by atoms with E-state index >= 15 is 0 Å². The molecule has 1 rings (SSSR count). The Morgan fingerprint density at radius 2 is 2.11 bits per heavy atom. The summed E-state index contributed by atoms with van der Waals surface area (Å²) in [5.41, 5.74) is 1.09. The Morgan fingerprint density at radius 3 is 2.61 bits per heavy atom. The lowest BCUT2D eigenvalue weighted by atomic mass is 10.2. The molecule has 8 heteroatoms. The largest absolute Gasteiger partial charge is 0.493 e. The van der Waals surface area contributed by atoms with E-state index in [2.05, 4.69) is 0 Å². The van der Waals surface area contributed by atoms with Gasteiger partial charge in [-0.25, -0.2) is 4.79 Å². The SMILES string of the molecule is Nc1cc(OCCSC(F)(F)F)ccc1C(=O)O. The predicted octanol–water partition coefficient (Wildman–Crippen LogP) is 2.60. The van der Waals surface area contributed by atoms with Crippen LogP contribution < -0.4 is 10.5 Å². The average Bonchev–Trinajstić information content (AvgIpc) is 2.22. The summed E-state index contributed by atoms with van der Waals surface area (Å²) in [6, 6.07) is 3.85. The molecule has 0 aliphatic carbocycles. The molecule has 0 fully saturated rings. The number of halogens is 3. The second-order valence-electron chi connectivity index (χ2n) is 3.20. The number of hydrogen-bond donors (Lipinski definition) is 2. The quantitative estimate of drug-likeness (QED) is 0.641. The van der Waals surface area contributed by atoms with E-state index < -0.39 is 11.5 Å². The average molecular weight is 281 g/mol. The van der Waals surface area contributed by atoms with Crippen molar-refractivity contribution in [1.82, 2.24) is 0 Å². The van der Waals surface area contributed by atoms with Gasteiger partial charge in [-0.1, -0.05) is 0 Å². The van der Waals surface area contributed by atoms with E-state index in [-0.39, 0.29) is 41.1 Å². The summed E-state index contributed by atoms with van der Waals surface area (Å²) >= 11 is -0.185. The maximum absolute atomic E-state index is 11.8. The number of hydrogen-bond acceptors (Lipinski definition) is 4. The molecule has 0 bridgehead atoms. The number of nitrogens with two attached hydrogens (primary N) is 1. The molecule has 0 spiro atoms. The second-order valence-corrected chi connectivity index (χ2v) is 4.36. The number of carbonyl (C=O) groups is 1. The minimum Gasteiger partial charge on any atom is -0.493 e. The van der Waals surface area contributed by atoms with Gasteiger partial charge in [0.1, 0.15) is 5.75 Å². The molecule has 4 nitrogen and oxygen atoms in total. The van der Waals surface area contributed by atoms with E-state index in [9.17, 15) is 18.0 Å². The Bertz CT molecular complexity index is 437. The van der Waals surface area contributed by atoms with Crippen LogP contribution in [0.5, 0.6) is 5.75 Å². The van der Waals surface area contributed by atoms with Crippen molar-refractivity contribution >= 4 is 23.4 Å². The van der Waals surface area contributed by atoms with Crippen LogP contribution in [-0.2, 0) is 0 Å². The molecule has 0 aliphatic heterocycles. The molecule has 3 N–H and O–H groups in total. The van der Waals surface area contributed by atoms with Crippen molar-refractivity contribution in [3.05, 3.63) is 23.8 Å². The van der Waals surface area contributed by atoms with Gasteiger partial charge in [0.15, 0.2) is 0 Å². The fourth-order valence-corrected chi connectivity index (χ4v) is 1.54. The van der Waals surface area contributed by atoms with Crippen LogP contribution in [0.2, 0.25) is 0 Å². The van der Waals surface area contributed by atoms with Crippen LogP contribution in [0.1, 0.15) is 10.4 Å². The van der Waals surface area contributed by atoms with Crippen LogP contribution in [0.4, 0.5) is 18.9 Å². The standard InChI is InChI=1S/C10H10F3NO3S/c11-10(12,13)18-4-3-17-6-1-2-7(9(15)16)8(14)5-6/h1-2,5H,3-4,14H2,(H,15,16). The number of rotatable bonds is 5. The lowest BCUT2D eigenvalue weighted by Crippen LogP contribution is -2.08. The number of alkyl halides is 3. The van der Waals surface area contributed by atoms with Gasteiger partial charge in [0, 0.05) is 17.5 Å². The first kappa shape index (κ1) is 14.5. The highest BCUT2D eigenvalue weighted by Crippen LogP contribution is 2.30. The first-order valence-electron chi connectivity index (χ1n) is 4.76. The van der Waals surface area contributed by atoms with Crippen molar-refractivity contribution in [3.63, 3.8) is 0 Å². The summed E-state index contributed by atoms with van der Waals surface area (Å²) in [6.07, 6.45) is 0. The monoisotopic (exact) mass is 281 g/mol. The van der Waals surface area contributed by atoms with Crippen LogP contribution in [0.25, 0.3) is 0 Å². The Kier molecular flexibility index (Phi) is 4.71. The van der Waals surface area contributed by atoms with Crippen molar-refractivity contribution in [2.75, 3.05) is 18.1 Å². The molecular weight excluding hydrogens is 271 g/mol. The minimum absolute atomic E-state index is 0.00322. The van der Waals surface area contributed by atoms with E-state index in [0.717, 1.165) is 0 Å². The van der Waals surface area contributed by atoms with E-state index in [1.165, 1.54) is 18.2 Å². The fraction of sp³-hybridized carbons (Fsp3) is 0.300. The molecular formula is C10H10F3NO3S. The molecule has 0 radical (unpaired) electrons. The maximum Gasteiger partial charge on any atom is 0.441 e. The molecule has 0 saturated carbocycles. The number of aromatic carboxylic acids is 1. The van der Waals surface area contributed by atoms with Gasteiger partial charge in [0.05, 0.1) is 12.2 Å². The summed E-state index contributed by atoms with van der Waals surface area (Å²) < 4.78 is 40.5. The van der Waals surface area contributed by atoms with Gasteiger partial charge < -0.3 is 15.6 Å². The van der Waals surface area contributed by atoms with Gasteiger partial charge in [-0.3, -0.25) is 0 Å². The van der Waals surface area contributed by atoms with Crippen LogP contribution in [0.3, 0.4) is 0 Å². The third-order valence-electron chi connectivity index (χ3n) is 1.87. The number of thioether (sulfide) groups is 1. The molecule has 0 aromatic heterocycles. The zero-order chi connectivity index (χ0) is 13.8. The zero-order valence-electron chi connectivity index (χ0n) is 9.03. The Balaban J connectivity index is 2.49. The summed E-state index contributed by atoms with van der Waals surface area (Å²) in [7, 11) is 0. The molecule has 0 heterocycles. The zero-order valence-corrected chi connectivity index (χ0v) is 9.85.